The van der Waals surface area contributed by atoms with Crippen molar-refractivity contribution in [2.24, 2.45) is 23.2 Å². The van der Waals surface area contributed by atoms with E-state index in [-0.39, 0.29) is 29.5 Å². The third-order valence-corrected chi connectivity index (χ3v) is 10.5. The average Bonchev–Trinajstić information content (AvgIpc) is 3.35. The Morgan fingerprint density at radius 1 is 0.919 bits per heavy atom. The van der Waals surface area contributed by atoms with Crippen LogP contribution < -0.4 is 5.32 Å². The number of nitrogens with one attached hydrogen (secondary N) is 1. The minimum absolute atomic E-state index is 0.0342. The summed E-state index contributed by atoms with van der Waals surface area (Å²) < 4.78 is 2.38. The number of fused-ring (bicyclic) bond motifs is 1. The van der Waals surface area contributed by atoms with Crippen LogP contribution in [0.1, 0.15) is 63.8 Å². The Labute approximate surface area is 219 Å². The zero-order valence-corrected chi connectivity index (χ0v) is 21.7. The molecule has 0 radical (unpaired) electrons. The highest BCUT2D eigenvalue weighted by Gasteiger charge is 2.58. The normalized spacial score (nSPS) is 35.8. The Kier molecular flexibility index (Phi) is 5.76. The molecule has 6 aliphatic rings. The maximum absolute atomic E-state index is 13.6. The standard InChI is InChI=1S/C30H40N4O3/c35-27-22-14-20-15-23(27)18-30(16-20,17-22)28(36)31-24-5-3-10-33(19-24)29(37)32-11-8-25(9-12-32)34-13-7-21-4-1-2-6-26(21)34/h1-2,4,6-7,13,20,22-25,27,35H,3,5,8-12,14-19H2,(H,31,36)/t20?,22-,23?,24+,27?,30?/m1/s1. The number of para-hydroxylation sites is 1. The van der Waals surface area contributed by atoms with Crippen LogP contribution in [0.15, 0.2) is 36.5 Å². The van der Waals surface area contributed by atoms with Gasteiger partial charge in [0.05, 0.1) is 11.5 Å². The number of hydrogen-bond acceptors (Lipinski definition) is 3. The van der Waals surface area contributed by atoms with E-state index in [1.807, 2.05) is 9.80 Å². The summed E-state index contributed by atoms with van der Waals surface area (Å²) in [6.07, 6.45) is 10.6. The summed E-state index contributed by atoms with van der Waals surface area (Å²) in [5.74, 6) is 1.39. The number of aromatic nitrogens is 1. The highest BCUT2D eigenvalue weighted by molar-refractivity contribution is 5.84. The first-order valence-corrected chi connectivity index (χ1v) is 14.6. The lowest BCUT2D eigenvalue weighted by Gasteiger charge is -2.58. The second kappa shape index (κ2) is 9.04. The molecule has 3 amide bonds. The fraction of sp³-hybridized carbons (Fsp3) is 0.667. The molecule has 4 bridgehead atoms. The van der Waals surface area contributed by atoms with Crippen LogP contribution in [0.3, 0.4) is 0 Å². The summed E-state index contributed by atoms with van der Waals surface area (Å²) in [7, 11) is 0. The summed E-state index contributed by atoms with van der Waals surface area (Å²) in [5, 5.41) is 15.3. The maximum atomic E-state index is 13.6. The monoisotopic (exact) mass is 504 g/mol. The molecule has 1 aromatic carbocycles. The first-order valence-electron chi connectivity index (χ1n) is 14.6. The number of hydrogen-bond donors (Lipinski definition) is 2. The molecule has 3 heterocycles. The van der Waals surface area contributed by atoms with E-state index in [1.165, 1.54) is 10.9 Å². The second-order valence-corrected chi connectivity index (χ2v) is 12.8. The quantitative estimate of drug-likeness (QED) is 0.659. The van der Waals surface area contributed by atoms with E-state index in [0.29, 0.717) is 30.3 Å². The van der Waals surface area contributed by atoms with E-state index in [4.69, 9.17) is 0 Å². The highest BCUT2D eigenvalue weighted by atomic mass is 16.3. The van der Waals surface area contributed by atoms with Gasteiger partial charge >= 0.3 is 6.03 Å². The van der Waals surface area contributed by atoms with Crippen molar-refractivity contribution in [2.45, 2.75) is 76.0 Å². The van der Waals surface area contributed by atoms with Crippen molar-refractivity contribution in [3.63, 3.8) is 0 Å². The minimum Gasteiger partial charge on any atom is -0.393 e. The van der Waals surface area contributed by atoms with Crippen LogP contribution in [0.2, 0.25) is 0 Å². The van der Waals surface area contributed by atoms with Crippen molar-refractivity contribution in [1.29, 1.82) is 0 Å². The minimum atomic E-state index is -0.285. The van der Waals surface area contributed by atoms with Gasteiger partial charge in [-0.3, -0.25) is 4.79 Å². The molecule has 0 spiro atoms. The molecule has 2 aliphatic heterocycles. The number of rotatable bonds is 3. The Balaban J connectivity index is 0.954. The summed E-state index contributed by atoms with van der Waals surface area (Å²) in [4.78, 5) is 31.0. The van der Waals surface area contributed by atoms with Crippen LogP contribution >= 0.6 is 0 Å². The number of nitrogens with zero attached hydrogens (tertiary/aromatic N) is 3. The molecule has 6 atom stereocenters. The molecule has 4 unspecified atom stereocenters. The third-order valence-electron chi connectivity index (χ3n) is 10.5. The van der Waals surface area contributed by atoms with E-state index in [2.05, 4.69) is 46.4 Å². The molecule has 8 rings (SSSR count). The van der Waals surface area contributed by atoms with Crippen LogP contribution in [-0.4, -0.2) is 69.7 Å². The second-order valence-electron chi connectivity index (χ2n) is 12.8. The van der Waals surface area contributed by atoms with Gasteiger partial charge < -0.3 is 24.8 Å². The lowest BCUT2D eigenvalue weighted by atomic mass is 9.48. The molecule has 4 saturated carbocycles. The van der Waals surface area contributed by atoms with Crippen molar-refractivity contribution in [1.82, 2.24) is 19.7 Å². The molecule has 6 fully saturated rings. The third kappa shape index (κ3) is 4.05. The summed E-state index contributed by atoms with van der Waals surface area (Å²) in [6, 6.07) is 11.3. The van der Waals surface area contributed by atoms with Crippen molar-refractivity contribution in [2.75, 3.05) is 26.2 Å². The Morgan fingerprint density at radius 2 is 1.68 bits per heavy atom. The van der Waals surface area contributed by atoms with Crippen LogP contribution in [0.25, 0.3) is 10.9 Å². The number of benzene rings is 1. The van der Waals surface area contributed by atoms with Gasteiger partial charge in [-0.1, -0.05) is 18.2 Å². The van der Waals surface area contributed by atoms with Gasteiger partial charge in [0.25, 0.3) is 0 Å². The van der Waals surface area contributed by atoms with Gasteiger partial charge in [-0.25, -0.2) is 4.79 Å². The number of aliphatic hydroxyl groups is 1. The number of piperidine rings is 2. The number of carbonyl (C=O) groups is 2. The number of urea groups is 1. The molecule has 7 nitrogen and oxygen atoms in total. The van der Waals surface area contributed by atoms with E-state index in [1.54, 1.807) is 0 Å². The molecule has 7 heteroatoms. The van der Waals surface area contributed by atoms with Crippen LogP contribution in [0, 0.1) is 23.2 Å². The van der Waals surface area contributed by atoms with Gasteiger partial charge in [-0.15, -0.1) is 0 Å². The molecular formula is C30H40N4O3. The molecular weight excluding hydrogens is 464 g/mol. The Morgan fingerprint density at radius 3 is 2.46 bits per heavy atom. The van der Waals surface area contributed by atoms with Gasteiger partial charge in [0.1, 0.15) is 0 Å². The van der Waals surface area contributed by atoms with E-state index < -0.39 is 0 Å². The van der Waals surface area contributed by atoms with E-state index >= 15 is 0 Å². The van der Waals surface area contributed by atoms with Crippen molar-refractivity contribution < 1.29 is 14.7 Å². The predicted octanol–water partition coefficient (Wildman–Crippen LogP) is 4.17. The lowest BCUT2D eigenvalue weighted by molar-refractivity contribution is -0.163. The molecule has 4 aliphatic carbocycles. The zero-order chi connectivity index (χ0) is 25.1. The highest BCUT2D eigenvalue weighted by Crippen LogP contribution is 2.60. The predicted molar refractivity (Wildman–Crippen MR) is 142 cm³/mol. The smallest absolute Gasteiger partial charge is 0.320 e. The fourth-order valence-corrected chi connectivity index (χ4v) is 8.84. The maximum Gasteiger partial charge on any atom is 0.320 e. The van der Waals surface area contributed by atoms with Crippen molar-refractivity contribution >= 4 is 22.8 Å². The Bertz CT molecular complexity index is 1170. The molecule has 2 N–H and O–H groups in total. The van der Waals surface area contributed by atoms with Gasteiger partial charge in [0.15, 0.2) is 0 Å². The Hall–Kier alpha value is -2.54. The first-order chi connectivity index (χ1) is 18.0. The van der Waals surface area contributed by atoms with Crippen LogP contribution in [0.4, 0.5) is 4.79 Å². The first kappa shape index (κ1) is 23.6. The average molecular weight is 505 g/mol. The SMILES string of the molecule is O=C(N1CCC(n2ccc3ccccc32)CC1)N1CCC[C@H](NC(=O)C23CC4CC(C2)C(O)[C@H](C4)C3)C1. The zero-order valence-electron chi connectivity index (χ0n) is 21.7. The summed E-state index contributed by atoms with van der Waals surface area (Å²) in [5.41, 5.74) is 0.988. The summed E-state index contributed by atoms with van der Waals surface area (Å²) in [6.45, 7) is 2.94. The molecule has 37 heavy (non-hydrogen) atoms. The van der Waals surface area contributed by atoms with Gasteiger partial charge in [-0.05, 0) is 93.1 Å². The van der Waals surface area contributed by atoms with Gasteiger partial charge in [-0.2, -0.15) is 0 Å². The summed E-state index contributed by atoms with van der Waals surface area (Å²) >= 11 is 0. The fourth-order valence-electron chi connectivity index (χ4n) is 8.84. The van der Waals surface area contributed by atoms with E-state index in [0.717, 1.165) is 77.4 Å². The largest absolute Gasteiger partial charge is 0.393 e. The van der Waals surface area contributed by atoms with Gasteiger partial charge in [0.2, 0.25) is 5.91 Å². The number of aliphatic hydroxyl groups excluding tert-OH is 1. The number of amides is 3. The van der Waals surface area contributed by atoms with Gasteiger partial charge in [0, 0.05) is 50.0 Å². The molecule has 1 aromatic heterocycles. The van der Waals surface area contributed by atoms with E-state index in [9.17, 15) is 14.7 Å². The van der Waals surface area contributed by atoms with Crippen molar-refractivity contribution in [3.8, 4) is 0 Å². The van der Waals surface area contributed by atoms with Crippen LogP contribution in [-0.2, 0) is 4.79 Å². The molecule has 198 valence electrons. The van der Waals surface area contributed by atoms with Crippen molar-refractivity contribution in [3.05, 3.63) is 36.5 Å². The molecule has 2 saturated heterocycles. The number of carbonyl (C=O) groups excluding carboxylic acids is 2. The molecule has 2 aromatic rings. The lowest BCUT2D eigenvalue weighted by Crippen LogP contribution is -2.61. The topological polar surface area (TPSA) is 77.8 Å². The van der Waals surface area contributed by atoms with Crippen LogP contribution in [0.5, 0.6) is 0 Å². The number of likely N-dealkylation sites (tertiary alicyclic amines) is 2.